The van der Waals surface area contributed by atoms with Crippen LogP contribution in [-0.2, 0) is 9.53 Å². The monoisotopic (exact) mass is 270 g/mol. The molecule has 2 fully saturated rings. The van der Waals surface area contributed by atoms with E-state index < -0.39 is 11.5 Å². The van der Waals surface area contributed by atoms with Crippen LogP contribution in [0.1, 0.15) is 32.6 Å². The molecule has 1 aliphatic heterocycles. The van der Waals surface area contributed by atoms with Crippen LogP contribution in [0.3, 0.4) is 0 Å². The number of carboxylic acids is 1. The minimum atomic E-state index is -0.842. The number of likely N-dealkylation sites (N-methyl/N-ethyl adjacent to an activating group) is 1. The summed E-state index contributed by atoms with van der Waals surface area (Å²) in [6.07, 6.45) is 4.51. The van der Waals surface area contributed by atoms with Crippen LogP contribution in [0.15, 0.2) is 0 Å². The fourth-order valence-corrected chi connectivity index (χ4v) is 2.85. The molecule has 2 rings (SSSR count). The van der Waals surface area contributed by atoms with E-state index in [-0.39, 0.29) is 0 Å². The van der Waals surface area contributed by atoms with Crippen LogP contribution in [0.2, 0.25) is 0 Å². The number of hydrogen-bond acceptors (Lipinski definition) is 4. The maximum atomic E-state index is 11.5. The third-order valence-electron chi connectivity index (χ3n) is 3.98. The highest BCUT2D eigenvalue weighted by Gasteiger charge is 2.39. The van der Waals surface area contributed by atoms with Crippen molar-refractivity contribution >= 4 is 5.97 Å². The zero-order valence-electron chi connectivity index (χ0n) is 12.0. The summed E-state index contributed by atoms with van der Waals surface area (Å²) < 4.78 is 5.48. The second-order valence-electron chi connectivity index (χ2n) is 6.34. The molecule has 0 aromatic heterocycles. The first-order valence-corrected chi connectivity index (χ1v) is 7.27. The van der Waals surface area contributed by atoms with Crippen LogP contribution in [0, 0.1) is 5.92 Å². The summed E-state index contributed by atoms with van der Waals surface area (Å²) >= 11 is 0. The Bertz CT molecular complexity index is 314. The van der Waals surface area contributed by atoms with Crippen molar-refractivity contribution in [1.29, 1.82) is 0 Å². The molecule has 5 nitrogen and oxygen atoms in total. The molecule has 2 N–H and O–H groups in total. The number of nitrogens with zero attached hydrogens (tertiary/aromatic N) is 1. The minimum absolute atomic E-state index is 0.396. The first kappa shape index (κ1) is 14.8. The molecule has 110 valence electrons. The molecule has 5 heteroatoms. The van der Waals surface area contributed by atoms with Gasteiger partial charge >= 0.3 is 5.97 Å². The highest BCUT2D eigenvalue weighted by molar-refractivity contribution is 5.78. The predicted octanol–water partition coefficient (Wildman–Crippen LogP) is 0.940. The van der Waals surface area contributed by atoms with Gasteiger partial charge in [0.25, 0.3) is 0 Å². The molecule has 2 atom stereocenters. The van der Waals surface area contributed by atoms with Crippen molar-refractivity contribution in [3.05, 3.63) is 0 Å². The van der Waals surface area contributed by atoms with Gasteiger partial charge in [-0.1, -0.05) is 0 Å². The van der Waals surface area contributed by atoms with Gasteiger partial charge in [-0.2, -0.15) is 0 Å². The third-order valence-corrected chi connectivity index (χ3v) is 3.98. The number of carbonyl (C=O) groups is 1. The maximum Gasteiger partial charge on any atom is 0.324 e. The number of nitrogens with one attached hydrogen (secondary N) is 1. The summed E-state index contributed by atoms with van der Waals surface area (Å²) in [6, 6.07) is 0.396. The molecule has 1 aliphatic carbocycles. The molecule has 0 aromatic carbocycles. The number of rotatable bonds is 7. The van der Waals surface area contributed by atoms with Crippen molar-refractivity contribution < 1.29 is 14.6 Å². The van der Waals surface area contributed by atoms with Gasteiger partial charge in [0, 0.05) is 25.7 Å². The van der Waals surface area contributed by atoms with Crippen molar-refractivity contribution in [1.82, 2.24) is 10.2 Å². The Kier molecular flexibility index (Phi) is 4.81. The molecular weight excluding hydrogens is 244 g/mol. The summed E-state index contributed by atoms with van der Waals surface area (Å²) in [5, 5.41) is 12.7. The molecule has 0 radical (unpaired) electrons. The Morgan fingerprint density at radius 3 is 2.74 bits per heavy atom. The molecule has 0 amide bonds. The molecule has 1 saturated heterocycles. The summed E-state index contributed by atoms with van der Waals surface area (Å²) in [5.41, 5.74) is -0.842. The van der Waals surface area contributed by atoms with E-state index >= 15 is 0 Å². The summed E-state index contributed by atoms with van der Waals surface area (Å²) in [6.45, 7) is 4.92. The van der Waals surface area contributed by atoms with Crippen LogP contribution in [0.25, 0.3) is 0 Å². The molecule has 0 bridgehead atoms. The topological polar surface area (TPSA) is 61.8 Å². The van der Waals surface area contributed by atoms with Crippen molar-refractivity contribution in [2.45, 2.75) is 44.2 Å². The lowest BCUT2D eigenvalue weighted by atomic mass is 9.98. The second-order valence-corrected chi connectivity index (χ2v) is 6.34. The Morgan fingerprint density at radius 1 is 1.47 bits per heavy atom. The average molecular weight is 270 g/mol. The van der Waals surface area contributed by atoms with Gasteiger partial charge in [0.05, 0.1) is 6.61 Å². The van der Waals surface area contributed by atoms with Crippen molar-refractivity contribution in [3.63, 3.8) is 0 Å². The summed E-state index contributed by atoms with van der Waals surface area (Å²) in [5.74, 6) is -0.219. The Balaban J connectivity index is 1.83. The minimum Gasteiger partial charge on any atom is -0.480 e. The van der Waals surface area contributed by atoms with E-state index in [1.807, 2.05) is 7.05 Å². The van der Waals surface area contributed by atoms with Gasteiger partial charge < -0.3 is 14.7 Å². The van der Waals surface area contributed by atoms with Crippen molar-refractivity contribution in [2.24, 2.45) is 5.92 Å². The molecule has 2 aliphatic rings. The van der Waals surface area contributed by atoms with Gasteiger partial charge in [-0.3, -0.25) is 10.1 Å². The maximum absolute atomic E-state index is 11.5. The van der Waals surface area contributed by atoms with Gasteiger partial charge in [-0.15, -0.1) is 0 Å². The SMILES string of the molecule is CN(CC1CCCOC1)CC(C)(NC1CC1)C(=O)O. The van der Waals surface area contributed by atoms with Gasteiger partial charge in [-0.05, 0) is 45.6 Å². The predicted molar refractivity (Wildman–Crippen MR) is 73.2 cm³/mol. The fraction of sp³-hybridized carbons (Fsp3) is 0.929. The highest BCUT2D eigenvalue weighted by atomic mass is 16.5. The lowest BCUT2D eigenvalue weighted by Crippen LogP contribution is -2.57. The highest BCUT2D eigenvalue weighted by Crippen LogP contribution is 2.23. The molecule has 1 heterocycles. The standard InChI is InChI=1S/C14H26N2O3/c1-14(13(17)18,15-12-5-6-12)10-16(2)8-11-4-3-7-19-9-11/h11-12,15H,3-10H2,1-2H3,(H,17,18). The lowest BCUT2D eigenvalue weighted by molar-refractivity contribution is -0.145. The van der Waals surface area contributed by atoms with E-state index in [0.29, 0.717) is 18.5 Å². The van der Waals surface area contributed by atoms with Gasteiger partial charge in [0.2, 0.25) is 0 Å². The molecule has 1 saturated carbocycles. The Labute approximate surface area is 115 Å². The second kappa shape index (κ2) is 6.20. The molecule has 2 unspecified atom stereocenters. The third kappa shape index (κ3) is 4.44. The van der Waals surface area contributed by atoms with E-state index in [9.17, 15) is 9.90 Å². The zero-order chi connectivity index (χ0) is 13.9. The normalized spacial score (nSPS) is 27.2. The van der Waals surface area contributed by atoms with Crippen molar-refractivity contribution in [2.75, 3.05) is 33.4 Å². The largest absolute Gasteiger partial charge is 0.480 e. The van der Waals surface area contributed by atoms with Crippen molar-refractivity contribution in [3.8, 4) is 0 Å². The van der Waals surface area contributed by atoms with Crippen LogP contribution in [-0.4, -0.2) is 60.9 Å². The Hall–Kier alpha value is -0.650. The summed E-state index contributed by atoms with van der Waals surface area (Å²) in [7, 11) is 2.00. The van der Waals surface area contributed by atoms with E-state index in [0.717, 1.165) is 39.0 Å². The molecule has 0 spiro atoms. The smallest absolute Gasteiger partial charge is 0.324 e. The van der Waals surface area contributed by atoms with E-state index in [4.69, 9.17) is 4.74 Å². The van der Waals surface area contributed by atoms with Gasteiger partial charge in [0.1, 0.15) is 5.54 Å². The van der Waals surface area contributed by atoms with Gasteiger partial charge in [0.15, 0.2) is 0 Å². The Morgan fingerprint density at radius 2 is 2.21 bits per heavy atom. The first-order chi connectivity index (χ1) is 8.99. The van der Waals surface area contributed by atoms with Crippen LogP contribution in [0.5, 0.6) is 0 Å². The van der Waals surface area contributed by atoms with Crippen LogP contribution < -0.4 is 5.32 Å². The lowest BCUT2D eigenvalue weighted by Gasteiger charge is -2.34. The van der Waals surface area contributed by atoms with Crippen LogP contribution in [0.4, 0.5) is 0 Å². The van der Waals surface area contributed by atoms with E-state index in [2.05, 4.69) is 10.2 Å². The number of ether oxygens (including phenoxy) is 1. The number of aliphatic carboxylic acids is 1. The van der Waals surface area contributed by atoms with E-state index in [1.165, 1.54) is 6.42 Å². The number of carboxylic acid groups (broad SMARTS) is 1. The molecule has 19 heavy (non-hydrogen) atoms. The van der Waals surface area contributed by atoms with Crippen LogP contribution >= 0.6 is 0 Å². The first-order valence-electron chi connectivity index (χ1n) is 7.27. The average Bonchev–Trinajstić information content (AvgIpc) is 3.13. The fourth-order valence-electron chi connectivity index (χ4n) is 2.85. The quantitative estimate of drug-likeness (QED) is 0.721. The molecule has 0 aromatic rings. The number of hydrogen-bond donors (Lipinski definition) is 2. The van der Waals surface area contributed by atoms with Gasteiger partial charge in [-0.25, -0.2) is 0 Å². The molecular formula is C14H26N2O3. The van der Waals surface area contributed by atoms with E-state index in [1.54, 1.807) is 6.92 Å². The summed E-state index contributed by atoms with van der Waals surface area (Å²) in [4.78, 5) is 13.6. The zero-order valence-corrected chi connectivity index (χ0v) is 12.0.